The Morgan fingerprint density at radius 1 is 1.27 bits per heavy atom. The van der Waals surface area contributed by atoms with Gasteiger partial charge in [0, 0.05) is 21.4 Å². The van der Waals surface area contributed by atoms with Crippen molar-refractivity contribution in [3.8, 4) is 10.6 Å². The molecule has 2 aromatic heterocycles. The molecule has 26 heavy (non-hydrogen) atoms. The quantitative estimate of drug-likeness (QED) is 0.535. The van der Waals surface area contributed by atoms with Gasteiger partial charge in [-0.3, -0.25) is 0 Å². The van der Waals surface area contributed by atoms with Crippen LogP contribution in [0.15, 0.2) is 17.0 Å². The molecule has 0 spiro atoms. The minimum absolute atomic E-state index is 0.0736. The third kappa shape index (κ3) is 4.29. The molecule has 0 bridgehead atoms. The smallest absolute Gasteiger partial charge is 0.0917 e. The van der Waals surface area contributed by atoms with Crippen molar-refractivity contribution in [1.29, 1.82) is 0 Å². The van der Waals surface area contributed by atoms with Gasteiger partial charge in [-0.2, -0.15) is 0 Å². The lowest BCUT2D eigenvalue weighted by Gasteiger charge is -2.31. The molecule has 0 fully saturated rings. The molecule has 4 heteroatoms. The molecule has 0 N–H and O–H groups in total. The van der Waals surface area contributed by atoms with Gasteiger partial charge in [0.25, 0.3) is 0 Å². The number of nitrogens with zero attached hydrogens (tertiary/aromatic N) is 1. The molecule has 1 aliphatic carbocycles. The first-order valence-corrected chi connectivity index (χ1v) is 11.2. The summed E-state index contributed by atoms with van der Waals surface area (Å²) in [4.78, 5) is 7.29. The summed E-state index contributed by atoms with van der Waals surface area (Å²) in [5, 5.41) is 2.17. The minimum atomic E-state index is -0.158. The van der Waals surface area contributed by atoms with Crippen LogP contribution in [0.5, 0.6) is 0 Å². The highest BCUT2D eigenvalue weighted by atomic mass is 32.1. The number of allylic oxidation sites excluding steroid dienone is 2. The maximum absolute atomic E-state index is 6.37. The van der Waals surface area contributed by atoms with Crippen LogP contribution in [-0.2, 0) is 4.74 Å². The Morgan fingerprint density at radius 2 is 2.00 bits per heavy atom. The standard InChI is InChI=1S/C22H31NOS2/c1-14(24-21(3,4)5)18-15(2)26-20(17-12-25-13-23-17)19(18)16-8-10-22(6,7)11-9-16/h8,12-14H,9-11H2,1-7H3. The van der Waals surface area contributed by atoms with Crippen molar-refractivity contribution in [2.24, 2.45) is 5.41 Å². The van der Waals surface area contributed by atoms with Crippen molar-refractivity contribution >= 4 is 28.2 Å². The van der Waals surface area contributed by atoms with Crippen molar-refractivity contribution in [2.75, 3.05) is 0 Å². The topological polar surface area (TPSA) is 22.1 Å². The highest BCUT2D eigenvalue weighted by Gasteiger charge is 2.30. The predicted octanol–water partition coefficient (Wildman–Crippen LogP) is 7.65. The number of ether oxygens (including phenoxy) is 1. The Labute approximate surface area is 166 Å². The first-order chi connectivity index (χ1) is 12.1. The average Bonchev–Trinajstić information content (AvgIpc) is 3.12. The lowest BCUT2D eigenvalue weighted by atomic mass is 9.76. The van der Waals surface area contributed by atoms with Crippen LogP contribution >= 0.6 is 22.7 Å². The molecule has 0 radical (unpaired) electrons. The fourth-order valence-electron chi connectivity index (χ4n) is 3.76. The van der Waals surface area contributed by atoms with Crippen LogP contribution in [0.25, 0.3) is 16.1 Å². The van der Waals surface area contributed by atoms with Gasteiger partial charge in [0.2, 0.25) is 0 Å². The van der Waals surface area contributed by atoms with Crippen LogP contribution in [0.3, 0.4) is 0 Å². The fourth-order valence-corrected chi connectivity index (χ4v) is 5.62. The molecule has 1 atom stereocenters. The van der Waals surface area contributed by atoms with Gasteiger partial charge in [0.15, 0.2) is 0 Å². The SMILES string of the molecule is Cc1sc(-c2cscn2)c(C2=CCC(C)(C)CC2)c1C(C)OC(C)(C)C. The van der Waals surface area contributed by atoms with Gasteiger partial charge in [-0.25, -0.2) is 4.98 Å². The number of rotatable bonds is 4. The molecule has 0 amide bonds. The fraction of sp³-hybridized carbons (Fsp3) is 0.591. The molecular formula is C22H31NOS2. The molecule has 2 aromatic rings. The third-order valence-electron chi connectivity index (χ3n) is 5.03. The van der Waals surface area contributed by atoms with Gasteiger partial charge in [0.1, 0.15) is 0 Å². The zero-order valence-electron chi connectivity index (χ0n) is 17.1. The number of hydrogen-bond acceptors (Lipinski definition) is 4. The Kier molecular flexibility index (Phi) is 5.49. The van der Waals surface area contributed by atoms with Gasteiger partial charge in [-0.1, -0.05) is 19.9 Å². The number of aromatic nitrogens is 1. The van der Waals surface area contributed by atoms with E-state index in [0.29, 0.717) is 5.41 Å². The second kappa shape index (κ2) is 7.21. The summed E-state index contributed by atoms with van der Waals surface area (Å²) in [5.41, 5.74) is 7.53. The average molecular weight is 390 g/mol. The predicted molar refractivity (Wildman–Crippen MR) is 115 cm³/mol. The Morgan fingerprint density at radius 3 is 2.54 bits per heavy atom. The first kappa shape index (κ1) is 19.8. The molecule has 0 aromatic carbocycles. The molecule has 2 heterocycles. The summed E-state index contributed by atoms with van der Waals surface area (Å²) in [6.07, 6.45) is 6.05. The summed E-state index contributed by atoms with van der Waals surface area (Å²) in [6.45, 7) is 15.6. The molecule has 142 valence electrons. The summed E-state index contributed by atoms with van der Waals surface area (Å²) < 4.78 is 6.37. The van der Waals surface area contributed by atoms with Gasteiger partial charge in [0.05, 0.1) is 27.8 Å². The minimum Gasteiger partial charge on any atom is -0.368 e. The van der Waals surface area contributed by atoms with E-state index in [1.807, 2.05) is 16.8 Å². The van der Waals surface area contributed by atoms with Crippen molar-refractivity contribution in [3.05, 3.63) is 33.0 Å². The van der Waals surface area contributed by atoms with Crippen LogP contribution < -0.4 is 0 Å². The molecule has 1 aliphatic rings. The van der Waals surface area contributed by atoms with Gasteiger partial charge < -0.3 is 4.74 Å². The molecule has 0 saturated carbocycles. The first-order valence-electron chi connectivity index (χ1n) is 9.46. The van der Waals surface area contributed by atoms with Crippen molar-refractivity contribution in [2.45, 2.75) is 79.4 Å². The molecular weight excluding hydrogens is 358 g/mol. The van der Waals surface area contributed by atoms with E-state index in [2.05, 4.69) is 64.9 Å². The lowest BCUT2D eigenvalue weighted by molar-refractivity contribution is -0.0531. The number of aryl methyl sites for hydroxylation is 1. The zero-order valence-corrected chi connectivity index (χ0v) is 18.7. The van der Waals surface area contributed by atoms with Gasteiger partial charge >= 0.3 is 0 Å². The number of thiazole rings is 1. The Hall–Kier alpha value is -0.970. The van der Waals surface area contributed by atoms with E-state index in [4.69, 9.17) is 4.74 Å². The molecule has 0 saturated heterocycles. The summed E-state index contributed by atoms with van der Waals surface area (Å²) in [7, 11) is 0. The van der Waals surface area contributed by atoms with Gasteiger partial charge in [-0.15, -0.1) is 22.7 Å². The van der Waals surface area contributed by atoms with E-state index in [1.54, 1.807) is 11.3 Å². The van der Waals surface area contributed by atoms with Gasteiger partial charge in [-0.05, 0) is 64.9 Å². The summed E-state index contributed by atoms with van der Waals surface area (Å²) in [6, 6.07) is 0. The van der Waals surface area contributed by atoms with Crippen LogP contribution in [0.2, 0.25) is 0 Å². The second-order valence-electron chi connectivity index (χ2n) is 9.12. The maximum Gasteiger partial charge on any atom is 0.0917 e. The maximum atomic E-state index is 6.37. The van der Waals surface area contributed by atoms with Crippen molar-refractivity contribution < 1.29 is 4.74 Å². The van der Waals surface area contributed by atoms with Crippen LogP contribution in [0, 0.1) is 12.3 Å². The molecule has 1 unspecified atom stereocenters. The highest BCUT2D eigenvalue weighted by molar-refractivity contribution is 7.16. The van der Waals surface area contributed by atoms with E-state index < -0.39 is 0 Å². The monoisotopic (exact) mass is 389 g/mol. The zero-order chi connectivity index (χ0) is 19.1. The van der Waals surface area contributed by atoms with Crippen molar-refractivity contribution in [3.63, 3.8) is 0 Å². The van der Waals surface area contributed by atoms with Crippen LogP contribution in [-0.4, -0.2) is 10.6 Å². The van der Waals surface area contributed by atoms with E-state index in [0.717, 1.165) is 18.5 Å². The van der Waals surface area contributed by atoms with E-state index in [1.165, 1.54) is 32.9 Å². The second-order valence-corrected chi connectivity index (χ2v) is 11.1. The van der Waals surface area contributed by atoms with E-state index in [-0.39, 0.29) is 11.7 Å². The van der Waals surface area contributed by atoms with Crippen molar-refractivity contribution in [1.82, 2.24) is 4.98 Å². The van der Waals surface area contributed by atoms with E-state index in [9.17, 15) is 0 Å². The highest BCUT2D eigenvalue weighted by Crippen LogP contribution is 2.48. The lowest BCUT2D eigenvalue weighted by Crippen LogP contribution is -2.22. The van der Waals surface area contributed by atoms with E-state index >= 15 is 0 Å². The largest absolute Gasteiger partial charge is 0.368 e. The van der Waals surface area contributed by atoms with Crippen LogP contribution in [0.1, 0.15) is 82.9 Å². The summed E-state index contributed by atoms with van der Waals surface area (Å²) in [5.74, 6) is 0. The molecule has 0 aliphatic heterocycles. The number of thiophene rings is 1. The van der Waals surface area contributed by atoms with Crippen LogP contribution in [0.4, 0.5) is 0 Å². The molecule has 3 rings (SSSR count). The number of hydrogen-bond donors (Lipinski definition) is 0. The molecule has 2 nitrogen and oxygen atoms in total. The normalized spacial score (nSPS) is 18.7. The summed E-state index contributed by atoms with van der Waals surface area (Å²) >= 11 is 3.54. The third-order valence-corrected chi connectivity index (χ3v) is 6.76. The Bertz CT molecular complexity index is 791. The Balaban J connectivity index is 2.11.